The van der Waals surface area contributed by atoms with Crippen LogP contribution in [0.15, 0.2) is 46.9 Å². The molecule has 2 rings (SSSR count). The van der Waals surface area contributed by atoms with Gasteiger partial charge in [0.05, 0.1) is 0 Å². The Balaban J connectivity index is 2.05. The number of benzene rings is 2. The van der Waals surface area contributed by atoms with E-state index < -0.39 is 11.8 Å². The highest BCUT2D eigenvalue weighted by Gasteiger charge is 2.15. The molecule has 0 atom stereocenters. The summed E-state index contributed by atoms with van der Waals surface area (Å²) >= 11 is 3.36. The van der Waals surface area contributed by atoms with Crippen LogP contribution in [0.4, 0.5) is 17.1 Å². The normalized spacial score (nSPS) is 10.1. The molecule has 2 amide bonds. The molecule has 23 heavy (non-hydrogen) atoms. The molecule has 0 heterocycles. The highest BCUT2D eigenvalue weighted by molar-refractivity contribution is 9.10. The van der Waals surface area contributed by atoms with Crippen molar-refractivity contribution >= 4 is 44.8 Å². The van der Waals surface area contributed by atoms with Gasteiger partial charge in [0.2, 0.25) is 0 Å². The van der Waals surface area contributed by atoms with E-state index in [1.165, 1.54) is 0 Å². The molecule has 2 aromatic rings. The highest BCUT2D eigenvalue weighted by atomic mass is 79.9. The molecule has 0 fully saturated rings. The maximum atomic E-state index is 12.0. The Kier molecular flexibility index (Phi) is 5.39. The van der Waals surface area contributed by atoms with Gasteiger partial charge in [-0.15, -0.1) is 0 Å². The van der Waals surface area contributed by atoms with Gasteiger partial charge in [0.1, 0.15) is 0 Å². The van der Waals surface area contributed by atoms with Crippen LogP contribution < -0.4 is 15.5 Å². The van der Waals surface area contributed by atoms with Crippen molar-refractivity contribution < 1.29 is 9.59 Å². The van der Waals surface area contributed by atoms with E-state index in [0.29, 0.717) is 11.4 Å². The smallest absolute Gasteiger partial charge is 0.314 e. The lowest BCUT2D eigenvalue weighted by molar-refractivity contribution is -0.133. The van der Waals surface area contributed by atoms with Crippen molar-refractivity contribution in [3.05, 3.63) is 52.5 Å². The average Bonchev–Trinajstić information content (AvgIpc) is 2.50. The van der Waals surface area contributed by atoms with E-state index >= 15 is 0 Å². The predicted molar refractivity (Wildman–Crippen MR) is 96.9 cm³/mol. The molecule has 120 valence electrons. The third-order valence-electron chi connectivity index (χ3n) is 3.26. The molecule has 5 nitrogen and oxygen atoms in total. The number of rotatable bonds is 3. The summed E-state index contributed by atoms with van der Waals surface area (Å²) < 4.78 is 0.915. The largest absolute Gasteiger partial charge is 0.378 e. The van der Waals surface area contributed by atoms with Crippen molar-refractivity contribution in [1.29, 1.82) is 0 Å². The number of anilines is 3. The van der Waals surface area contributed by atoms with Crippen molar-refractivity contribution in [3.63, 3.8) is 0 Å². The lowest BCUT2D eigenvalue weighted by Gasteiger charge is -2.14. The molecular formula is C17H18BrN3O2. The van der Waals surface area contributed by atoms with Crippen molar-refractivity contribution in [3.8, 4) is 0 Å². The molecule has 0 aliphatic carbocycles. The maximum absolute atomic E-state index is 12.0. The minimum atomic E-state index is -0.705. The zero-order chi connectivity index (χ0) is 17.0. The van der Waals surface area contributed by atoms with E-state index in [-0.39, 0.29) is 0 Å². The lowest BCUT2D eigenvalue weighted by atomic mass is 10.2. The molecular weight excluding hydrogens is 358 g/mol. The molecule has 0 unspecified atom stereocenters. The van der Waals surface area contributed by atoms with Crippen LogP contribution in [0, 0.1) is 6.92 Å². The number of carbonyl (C=O) groups excluding carboxylic acids is 2. The first-order chi connectivity index (χ1) is 10.9. The van der Waals surface area contributed by atoms with Crippen LogP contribution >= 0.6 is 15.9 Å². The summed E-state index contributed by atoms with van der Waals surface area (Å²) in [5, 5.41) is 5.21. The average molecular weight is 376 g/mol. The van der Waals surface area contributed by atoms with Gasteiger partial charge in [-0.3, -0.25) is 9.59 Å². The number of nitrogens with zero attached hydrogens (tertiary/aromatic N) is 1. The molecule has 6 heteroatoms. The topological polar surface area (TPSA) is 61.4 Å². The summed E-state index contributed by atoms with van der Waals surface area (Å²) in [4.78, 5) is 26.0. The highest BCUT2D eigenvalue weighted by Crippen LogP contribution is 2.20. The number of carbonyl (C=O) groups is 2. The Labute approximate surface area is 143 Å². The summed E-state index contributed by atoms with van der Waals surface area (Å²) in [5.41, 5.74) is 2.99. The molecule has 2 aromatic carbocycles. The molecule has 2 N–H and O–H groups in total. The van der Waals surface area contributed by atoms with Gasteiger partial charge in [-0.25, -0.2) is 0 Å². The fourth-order valence-electron chi connectivity index (χ4n) is 2.00. The number of halogens is 1. The first kappa shape index (κ1) is 17.0. The molecule has 0 aliphatic heterocycles. The van der Waals surface area contributed by atoms with Gasteiger partial charge in [-0.1, -0.05) is 22.0 Å². The van der Waals surface area contributed by atoms with Gasteiger partial charge in [0, 0.05) is 35.6 Å². The second kappa shape index (κ2) is 7.28. The summed E-state index contributed by atoms with van der Waals surface area (Å²) in [6.45, 7) is 1.86. The standard InChI is InChI=1S/C17H18BrN3O2/c1-11-9-12(18)7-8-15(11)20-17(23)16(22)19-13-5-4-6-14(10-13)21(2)3/h4-10H,1-3H3,(H,19,22)(H,20,23). The van der Waals surface area contributed by atoms with E-state index in [0.717, 1.165) is 15.7 Å². The van der Waals surface area contributed by atoms with E-state index in [2.05, 4.69) is 26.6 Å². The molecule has 0 aromatic heterocycles. The summed E-state index contributed by atoms with van der Waals surface area (Å²) in [7, 11) is 3.81. The van der Waals surface area contributed by atoms with Crippen molar-refractivity contribution in [2.45, 2.75) is 6.92 Å². The number of amides is 2. The summed E-state index contributed by atoms with van der Waals surface area (Å²) in [6.07, 6.45) is 0. The van der Waals surface area contributed by atoms with Crippen LogP contribution in [-0.2, 0) is 9.59 Å². The Morgan fingerprint density at radius 3 is 2.35 bits per heavy atom. The van der Waals surface area contributed by atoms with Gasteiger partial charge in [-0.05, 0) is 48.9 Å². The summed E-state index contributed by atoms with van der Waals surface area (Å²) in [6, 6.07) is 12.7. The first-order valence-electron chi connectivity index (χ1n) is 7.02. The van der Waals surface area contributed by atoms with E-state index in [4.69, 9.17) is 0 Å². The maximum Gasteiger partial charge on any atom is 0.314 e. The minimum Gasteiger partial charge on any atom is -0.378 e. The van der Waals surface area contributed by atoms with Crippen molar-refractivity contribution in [2.24, 2.45) is 0 Å². The fourth-order valence-corrected chi connectivity index (χ4v) is 2.47. The third-order valence-corrected chi connectivity index (χ3v) is 3.76. The Morgan fingerprint density at radius 2 is 1.70 bits per heavy atom. The fraction of sp³-hybridized carbons (Fsp3) is 0.176. The molecule has 0 bridgehead atoms. The number of nitrogens with one attached hydrogen (secondary N) is 2. The van der Waals surface area contributed by atoms with Gasteiger partial charge in [-0.2, -0.15) is 0 Å². The summed E-state index contributed by atoms with van der Waals surface area (Å²) in [5.74, 6) is -1.41. The Morgan fingerprint density at radius 1 is 1.00 bits per heavy atom. The minimum absolute atomic E-state index is 0.573. The molecule has 0 aliphatic rings. The zero-order valence-electron chi connectivity index (χ0n) is 13.2. The van der Waals surface area contributed by atoms with E-state index in [1.807, 2.05) is 44.1 Å². The molecule has 0 radical (unpaired) electrons. The van der Waals surface area contributed by atoms with Crippen LogP contribution in [0.2, 0.25) is 0 Å². The predicted octanol–water partition coefficient (Wildman–Crippen LogP) is 3.40. The van der Waals surface area contributed by atoms with Gasteiger partial charge in [0.15, 0.2) is 0 Å². The Bertz CT molecular complexity index is 744. The molecule has 0 spiro atoms. The zero-order valence-corrected chi connectivity index (χ0v) is 14.8. The quantitative estimate of drug-likeness (QED) is 0.808. The van der Waals surface area contributed by atoms with E-state index in [9.17, 15) is 9.59 Å². The first-order valence-corrected chi connectivity index (χ1v) is 7.82. The Hall–Kier alpha value is -2.34. The molecule has 0 saturated heterocycles. The molecule has 0 saturated carbocycles. The van der Waals surface area contributed by atoms with Gasteiger partial charge < -0.3 is 15.5 Å². The van der Waals surface area contributed by atoms with Crippen molar-refractivity contribution in [1.82, 2.24) is 0 Å². The SMILES string of the molecule is Cc1cc(Br)ccc1NC(=O)C(=O)Nc1cccc(N(C)C)c1. The van der Waals surface area contributed by atoms with Gasteiger partial charge >= 0.3 is 11.8 Å². The van der Waals surface area contributed by atoms with Gasteiger partial charge in [0.25, 0.3) is 0 Å². The van der Waals surface area contributed by atoms with Crippen molar-refractivity contribution in [2.75, 3.05) is 29.6 Å². The second-order valence-electron chi connectivity index (χ2n) is 5.31. The van der Waals surface area contributed by atoms with Crippen LogP contribution in [0.5, 0.6) is 0 Å². The second-order valence-corrected chi connectivity index (χ2v) is 6.23. The monoisotopic (exact) mass is 375 g/mol. The lowest BCUT2D eigenvalue weighted by Crippen LogP contribution is -2.29. The number of aryl methyl sites for hydroxylation is 1. The van der Waals surface area contributed by atoms with Crippen LogP contribution in [-0.4, -0.2) is 25.9 Å². The van der Waals surface area contributed by atoms with Crippen LogP contribution in [0.25, 0.3) is 0 Å². The van der Waals surface area contributed by atoms with E-state index in [1.54, 1.807) is 24.3 Å². The number of hydrogen-bond acceptors (Lipinski definition) is 3. The van der Waals surface area contributed by atoms with Crippen LogP contribution in [0.3, 0.4) is 0 Å². The third kappa shape index (κ3) is 4.56. The van der Waals surface area contributed by atoms with Crippen LogP contribution in [0.1, 0.15) is 5.56 Å². The number of hydrogen-bond donors (Lipinski definition) is 2.